The van der Waals surface area contributed by atoms with E-state index in [1.165, 1.54) is 0 Å². The van der Waals surface area contributed by atoms with Crippen molar-refractivity contribution in [2.75, 3.05) is 13.2 Å². The molecular formula is C19H35N5O8. The first-order valence-electron chi connectivity index (χ1n) is 10.4. The number of carboxylic acid groups (broad SMARTS) is 2. The average molecular weight is 462 g/mol. The van der Waals surface area contributed by atoms with Gasteiger partial charge in [-0.05, 0) is 38.1 Å². The van der Waals surface area contributed by atoms with E-state index in [-0.39, 0.29) is 12.8 Å². The molecule has 13 heteroatoms. The number of amides is 3. The summed E-state index contributed by atoms with van der Waals surface area (Å²) in [5, 5.41) is 34.3. The third-order valence-corrected chi connectivity index (χ3v) is 4.62. The minimum Gasteiger partial charge on any atom is -0.481 e. The lowest BCUT2D eigenvalue weighted by Gasteiger charge is -2.25. The number of hydrogen-bond acceptors (Lipinski definition) is 8. The fourth-order valence-electron chi connectivity index (χ4n) is 2.70. The maximum Gasteiger partial charge on any atom is 0.326 e. The Hall–Kier alpha value is -2.77. The molecule has 0 aliphatic carbocycles. The number of aliphatic hydroxyl groups is 1. The Labute approximate surface area is 186 Å². The molecule has 0 spiro atoms. The SMILES string of the molecule is CC(C)C(NC(=O)C(CCC(=O)O)NC(=O)C(CCCCN)NC(=O)C(N)CO)C(=O)O. The summed E-state index contributed by atoms with van der Waals surface area (Å²) in [6.45, 7) is 2.88. The Balaban J connectivity index is 5.50. The van der Waals surface area contributed by atoms with Crippen LogP contribution in [0.2, 0.25) is 0 Å². The van der Waals surface area contributed by atoms with Crippen molar-refractivity contribution in [2.24, 2.45) is 17.4 Å². The minimum atomic E-state index is -1.35. The van der Waals surface area contributed by atoms with Crippen LogP contribution in [0, 0.1) is 5.92 Å². The minimum absolute atomic E-state index is 0.157. The van der Waals surface area contributed by atoms with E-state index in [1.807, 2.05) is 0 Å². The Morgan fingerprint density at radius 1 is 0.844 bits per heavy atom. The summed E-state index contributed by atoms with van der Waals surface area (Å²) in [5.74, 6) is -5.37. The zero-order chi connectivity index (χ0) is 24.8. The van der Waals surface area contributed by atoms with E-state index in [0.717, 1.165) is 0 Å². The van der Waals surface area contributed by atoms with Crippen molar-refractivity contribution >= 4 is 29.7 Å². The number of aliphatic hydroxyl groups excluding tert-OH is 1. The predicted octanol–water partition coefficient (Wildman–Crippen LogP) is -2.51. The van der Waals surface area contributed by atoms with Crippen LogP contribution in [0.5, 0.6) is 0 Å². The predicted molar refractivity (Wildman–Crippen MR) is 113 cm³/mol. The normalized spacial score (nSPS) is 14.7. The maximum absolute atomic E-state index is 12.8. The molecule has 184 valence electrons. The van der Waals surface area contributed by atoms with E-state index in [4.69, 9.17) is 21.7 Å². The van der Waals surface area contributed by atoms with Crippen molar-refractivity contribution in [3.63, 3.8) is 0 Å². The number of unbranched alkanes of at least 4 members (excludes halogenated alkanes) is 1. The molecule has 13 nitrogen and oxygen atoms in total. The summed E-state index contributed by atoms with van der Waals surface area (Å²) in [6.07, 6.45) is 0.422. The summed E-state index contributed by atoms with van der Waals surface area (Å²) in [5.41, 5.74) is 10.9. The van der Waals surface area contributed by atoms with Gasteiger partial charge >= 0.3 is 11.9 Å². The molecule has 0 saturated carbocycles. The number of hydrogen-bond donors (Lipinski definition) is 8. The van der Waals surface area contributed by atoms with Gasteiger partial charge in [-0.15, -0.1) is 0 Å². The summed E-state index contributed by atoms with van der Waals surface area (Å²) >= 11 is 0. The average Bonchev–Trinajstić information content (AvgIpc) is 2.72. The van der Waals surface area contributed by atoms with Gasteiger partial charge in [-0.1, -0.05) is 13.8 Å². The number of carbonyl (C=O) groups is 5. The maximum atomic E-state index is 12.8. The molecule has 4 atom stereocenters. The number of rotatable bonds is 16. The Kier molecular flexibility index (Phi) is 13.8. The zero-order valence-corrected chi connectivity index (χ0v) is 18.4. The van der Waals surface area contributed by atoms with E-state index >= 15 is 0 Å². The van der Waals surface area contributed by atoms with Gasteiger partial charge in [0.1, 0.15) is 24.2 Å². The van der Waals surface area contributed by atoms with Crippen LogP contribution < -0.4 is 27.4 Å². The molecule has 10 N–H and O–H groups in total. The van der Waals surface area contributed by atoms with Gasteiger partial charge in [-0.25, -0.2) is 4.79 Å². The lowest BCUT2D eigenvalue weighted by molar-refractivity contribution is -0.144. The van der Waals surface area contributed by atoms with Crippen LogP contribution in [-0.2, 0) is 24.0 Å². The molecule has 0 aromatic rings. The smallest absolute Gasteiger partial charge is 0.326 e. The van der Waals surface area contributed by atoms with Crippen molar-refractivity contribution in [2.45, 2.75) is 70.1 Å². The van der Waals surface area contributed by atoms with Crippen LogP contribution in [0.25, 0.3) is 0 Å². The first-order chi connectivity index (χ1) is 14.9. The van der Waals surface area contributed by atoms with Crippen molar-refractivity contribution in [1.29, 1.82) is 0 Å². The molecule has 0 saturated heterocycles. The third-order valence-electron chi connectivity index (χ3n) is 4.62. The van der Waals surface area contributed by atoms with Gasteiger partial charge < -0.3 is 42.7 Å². The largest absolute Gasteiger partial charge is 0.481 e. The monoisotopic (exact) mass is 461 g/mol. The standard InChI is InChI=1S/C19H35N5O8/c1-10(2)15(19(31)32)24-18(30)13(6-7-14(26)27)23-17(29)12(5-3-4-8-20)22-16(28)11(21)9-25/h10-13,15,25H,3-9,20-21H2,1-2H3,(H,22,28)(H,23,29)(H,24,30)(H,26,27)(H,31,32). The molecule has 0 aromatic carbocycles. The van der Waals surface area contributed by atoms with Gasteiger partial charge in [0.05, 0.1) is 6.61 Å². The molecule has 4 unspecified atom stereocenters. The summed E-state index contributed by atoms with van der Waals surface area (Å²) in [4.78, 5) is 59.8. The summed E-state index contributed by atoms with van der Waals surface area (Å²) in [7, 11) is 0. The van der Waals surface area contributed by atoms with Crippen LogP contribution in [0.15, 0.2) is 0 Å². The van der Waals surface area contributed by atoms with Gasteiger partial charge in [0, 0.05) is 6.42 Å². The summed E-state index contributed by atoms with van der Waals surface area (Å²) < 4.78 is 0. The molecule has 0 radical (unpaired) electrons. The molecular weight excluding hydrogens is 426 g/mol. The highest BCUT2D eigenvalue weighted by atomic mass is 16.4. The molecule has 3 amide bonds. The van der Waals surface area contributed by atoms with Crippen LogP contribution in [0.4, 0.5) is 0 Å². The highest BCUT2D eigenvalue weighted by Gasteiger charge is 2.31. The third kappa shape index (κ3) is 11.0. The van der Waals surface area contributed by atoms with Crippen LogP contribution >= 0.6 is 0 Å². The highest BCUT2D eigenvalue weighted by Crippen LogP contribution is 2.07. The van der Waals surface area contributed by atoms with Crippen molar-refractivity contribution in [1.82, 2.24) is 16.0 Å². The van der Waals surface area contributed by atoms with Crippen molar-refractivity contribution in [3.05, 3.63) is 0 Å². The van der Waals surface area contributed by atoms with E-state index in [9.17, 15) is 29.1 Å². The zero-order valence-electron chi connectivity index (χ0n) is 18.4. The van der Waals surface area contributed by atoms with Crippen LogP contribution in [-0.4, -0.2) is 82.3 Å². The molecule has 0 bridgehead atoms. The quantitative estimate of drug-likeness (QED) is 0.112. The number of nitrogens with two attached hydrogens (primary N) is 2. The van der Waals surface area contributed by atoms with Gasteiger partial charge in [0.15, 0.2) is 0 Å². The van der Waals surface area contributed by atoms with E-state index in [1.54, 1.807) is 13.8 Å². The van der Waals surface area contributed by atoms with Crippen LogP contribution in [0.1, 0.15) is 46.0 Å². The molecule has 0 aromatic heterocycles. The molecule has 0 aliphatic heterocycles. The van der Waals surface area contributed by atoms with Gasteiger partial charge in [-0.3, -0.25) is 19.2 Å². The lowest BCUT2D eigenvalue weighted by atomic mass is 10.0. The second-order valence-corrected chi connectivity index (χ2v) is 7.70. The number of carbonyl (C=O) groups excluding carboxylic acids is 3. The Bertz CT molecular complexity index is 658. The second-order valence-electron chi connectivity index (χ2n) is 7.70. The Morgan fingerprint density at radius 3 is 1.84 bits per heavy atom. The van der Waals surface area contributed by atoms with Crippen molar-refractivity contribution in [3.8, 4) is 0 Å². The molecule has 0 fully saturated rings. The molecule has 32 heavy (non-hydrogen) atoms. The van der Waals surface area contributed by atoms with Crippen molar-refractivity contribution < 1.29 is 39.3 Å². The van der Waals surface area contributed by atoms with Crippen LogP contribution in [0.3, 0.4) is 0 Å². The fraction of sp³-hybridized carbons (Fsp3) is 0.737. The molecule has 0 rings (SSSR count). The fourth-order valence-corrected chi connectivity index (χ4v) is 2.70. The number of carboxylic acids is 2. The van der Waals surface area contributed by atoms with E-state index in [0.29, 0.717) is 19.4 Å². The second kappa shape index (κ2) is 15.1. The first kappa shape index (κ1) is 29.2. The van der Waals surface area contributed by atoms with Gasteiger partial charge in [-0.2, -0.15) is 0 Å². The Morgan fingerprint density at radius 2 is 1.38 bits per heavy atom. The van der Waals surface area contributed by atoms with E-state index in [2.05, 4.69) is 16.0 Å². The summed E-state index contributed by atoms with van der Waals surface area (Å²) in [6, 6.07) is -4.96. The van der Waals surface area contributed by atoms with Gasteiger partial charge in [0.2, 0.25) is 17.7 Å². The molecule has 0 heterocycles. The number of aliphatic carboxylic acids is 2. The number of nitrogens with one attached hydrogen (secondary N) is 3. The lowest BCUT2D eigenvalue weighted by Crippen LogP contribution is -2.58. The van der Waals surface area contributed by atoms with Gasteiger partial charge in [0.25, 0.3) is 0 Å². The van der Waals surface area contributed by atoms with E-state index < -0.39 is 72.8 Å². The topological polar surface area (TPSA) is 234 Å². The molecule has 0 aliphatic rings. The highest BCUT2D eigenvalue weighted by molar-refractivity contribution is 5.94. The first-order valence-corrected chi connectivity index (χ1v) is 10.4.